The van der Waals surface area contributed by atoms with Crippen LogP contribution >= 0.6 is 11.3 Å². The first-order valence-electron chi connectivity index (χ1n) is 8.16. The van der Waals surface area contributed by atoms with E-state index >= 15 is 0 Å². The highest BCUT2D eigenvalue weighted by Crippen LogP contribution is 2.29. The first-order valence-corrected chi connectivity index (χ1v) is 10.4. The predicted molar refractivity (Wildman–Crippen MR) is 98.9 cm³/mol. The summed E-state index contributed by atoms with van der Waals surface area (Å²) >= 11 is 1.61. The molecule has 0 saturated heterocycles. The van der Waals surface area contributed by atoms with Gasteiger partial charge in [-0.05, 0) is 37.8 Å². The minimum atomic E-state index is -3.55. The minimum absolute atomic E-state index is 0.0951. The fourth-order valence-electron chi connectivity index (χ4n) is 2.73. The molecule has 2 aromatic rings. The third kappa shape index (κ3) is 3.91. The Bertz CT molecular complexity index is 865. The van der Waals surface area contributed by atoms with Gasteiger partial charge in [-0.2, -0.15) is 0 Å². The van der Waals surface area contributed by atoms with E-state index in [9.17, 15) is 13.2 Å². The number of hydrogen-bond acceptors (Lipinski definition) is 6. The lowest BCUT2D eigenvalue weighted by Crippen LogP contribution is -2.22. The molecule has 0 aliphatic heterocycles. The molecule has 0 spiro atoms. The van der Waals surface area contributed by atoms with Gasteiger partial charge in [0.15, 0.2) is 10.9 Å². The summed E-state index contributed by atoms with van der Waals surface area (Å²) in [6, 6.07) is 6.14. The largest absolute Gasteiger partial charge is 0.354 e. The highest BCUT2D eigenvalue weighted by atomic mass is 32.2. The number of benzene rings is 1. The summed E-state index contributed by atoms with van der Waals surface area (Å²) in [6.45, 7) is 0.0951. The van der Waals surface area contributed by atoms with Crippen LogP contribution in [0.25, 0.3) is 0 Å². The van der Waals surface area contributed by atoms with Gasteiger partial charge < -0.3 is 5.32 Å². The number of carbonyl (C=O) groups excluding carboxylic acids is 1. The van der Waals surface area contributed by atoms with Crippen LogP contribution in [-0.4, -0.2) is 44.1 Å². The number of fused-ring (bicyclic) bond motifs is 1. The zero-order valence-electron chi connectivity index (χ0n) is 14.3. The average molecular weight is 380 g/mol. The van der Waals surface area contributed by atoms with E-state index in [1.54, 1.807) is 23.5 Å². The molecule has 0 unspecified atom stereocenters. The van der Waals surface area contributed by atoms with Crippen molar-refractivity contribution >= 4 is 32.3 Å². The van der Waals surface area contributed by atoms with Gasteiger partial charge in [-0.25, -0.2) is 17.7 Å². The van der Waals surface area contributed by atoms with Crippen molar-refractivity contribution in [3.8, 4) is 0 Å². The van der Waals surface area contributed by atoms with Crippen LogP contribution in [0.3, 0.4) is 0 Å². The molecule has 0 saturated carbocycles. The number of anilines is 1. The number of rotatable bonds is 6. The van der Waals surface area contributed by atoms with Gasteiger partial charge in [-0.15, -0.1) is 11.3 Å². The number of aromatic nitrogens is 1. The van der Waals surface area contributed by atoms with Gasteiger partial charge >= 0.3 is 0 Å². The Morgan fingerprint density at radius 1 is 1.28 bits per heavy atom. The zero-order valence-corrected chi connectivity index (χ0v) is 15.9. The van der Waals surface area contributed by atoms with Gasteiger partial charge in [-0.1, -0.05) is 12.1 Å². The number of Topliss-reactive ketones (excluding diaryl/α,β-unsaturated/α-hetero) is 1. The Balaban J connectivity index is 1.70. The molecule has 0 radical (unpaired) electrons. The molecule has 8 heteroatoms. The highest BCUT2D eigenvalue weighted by molar-refractivity contribution is 7.89. The fourth-order valence-corrected chi connectivity index (χ4v) is 4.72. The Hall–Kier alpha value is -1.77. The quantitative estimate of drug-likeness (QED) is 0.781. The summed E-state index contributed by atoms with van der Waals surface area (Å²) in [4.78, 5) is 18.4. The molecule has 0 atom stereocenters. The third-order valence-corrected chi connectivity index (χ3v) is 7.11. The molecule has 3 rings (SSSR count). The number of thiazole rings is 1. The molecule has 1 aliphatic carbocycles. The van der Waals surface area contributed by atoms with Crippen LogP contribution in [0, 0.1) is 0 Å². The second-order valence-electron chi connectivity index (χ2n) is 6.19. The Morgan fingerprint density at radius 2 is 2.04 bits per heavy atom. The molecule has 1 N–H and O–H groups in total. The predicted octanol–water partition coefficient (Wildman–Crippen LogP) is 2.57. The zero-order chi connectivity index (χ0) is 18.0. The molecule has 1 heterocycles. The molecule has 0 bridgehead atoms. The van der Waals surface area contributed by atoms with E-state index in [4.69, 9.17) is 0 Å². The number of hydrogen-bond donors (Lipinski definition) is 1. The number of ketones is 1. The fraction of sp³-hybridized carbons (Fsp3) is 0.412. The van der Waals surface area contributed by atoms with Crippen molar-refractivity contribution in [3.63, 3.8) is 0 Å². The van der Waals surface area contributed by atoms with E-state index in [2.05, 4.69) is 10.3 Å². The van der Waals surface area contributed by atoms with Gasteiger partial charge in [0.1, 0.15) is 0 Å². The number of aryl methyl sites for hydroxylation is 2. The summed E-state index contributed by atoms with van der Waals surface area (Å²) in [5.74, 6) is -0.163. The lowest BCUT2D eigenvalue weighted by atomic mass is 10.0. The van der Waals surface area contributed by atoms with Gasteiger partial charge in [0.05, 0.1) is 17.1 Å². The van der Waals surface area contributed by atoms with Crippen LogP contribution in [0.4, 0.5) is 5.13 Å². The highest BCUT2D eigenvalue weighted by Gasteiger charge is 2.19. The van der Waals surface area contributed by atoms with Crippen LogP contribution < -0.4 is 5.32 Å². The number of nitrogens with zero attached hydrogens (tertiary/aromatic N) is 2. The van der Waals surface area contributed by atoms with Gasteiger partial charge in [0.2, 0.25) is 10.0 Å². The molecular formula is C17H21N3O3S2. The third-order valence-electron chi connectivity index (χ3n) is 4.18. The molecular weight excluding hydrogens is 358 g/mol. The van der Waals surface area contributed by atoms with E-state index in [0.717, 1.165) is 28.0 Å². The molecule has 1 aromatic heterocycles. The Morgan fingerprint density at radius 3 is 2.76 bits per heavy atom. The Labute approximate surface area is 151 Å². The maximum Gasteiger partial charge on any atom is 0.242 e. The summed E-state index contributed by atoms with van der Waals surface area (Å²) in [5, 5.41) is 3.84. The standard InChI is InChI=1S/C17H21N3O3S2/c1-20(2)25(22,23)13-7-5-6-12(10-13)15(21)11-18-17-19-14-8-3-4-9-16(14)24-17/h5-7,10H,3-4,8-9,11H2,1-2H3,(H,18,19). The van der Waals surface area contributed by atoms with E-state index in [1.807, 2.05) is 0 Å². The van der Waals surface area contributed by atoms with Gasteiger partial charge in [0.25, 0.3) is 0 Å². The SMILES string of the molecule is CN(C)S(=O)(=O)c1cccc(C(=O)CNc2nc3c(s2)CCCC3)c1. The second kappa shape index (κ2) is 7.23. The minimum Gasteiger partial charge on any atom is -0.354 e. The molecule has 0 fully saturated rings. The summed E-state index contributed by atoms with van der Waals surface area (Å²) in [5.41, 5.74) is 1.52. The topological polar surface area (TPSA) is 79.4 Å². The normalized spacial score (nSPS) is 14.4. The molecule has 134 valence electrons. The molecule has 6 nitrogen and oxygen atoms in total. The summed E-state index contributed by atoms with van der Waals surface area (Å²) in [7, 11) is -0.616. The van der Waals surface area contributed by atoms with Crippen LogP contribution in [0.2, 0.25) is 0 Å². The van der Waals surface area contributed by atoms with Crippen LogP contribution in [0.1, 0.15) is 33.8 Å². The number of carbonyl (C=O) groups is 1. The molecule has 1 aliphatic rings. The lowest BCUT2D eigenvalue weighted by molar-refractivity contribution is 0.101. The summed E-state index contributed by atoms with van der Waals surface area (Å²) < 4.78 is 25.5. The average Bonchev–Trinajstić information content (AvgIpc) is 3.02. The van der Waals surface area contributed by atoms with Crippen molar-refractivity contribution in [2.24, 2.45) is 0 Å². The Kier molecular flexibility index (Phi) is 5.21. The van der Waals surface area contributed by atoms with Crippen molar-refractivity contribution in [2.45, 2.75) is 30.6 Å². The van der Waals surface area contributed by atoms with Crippen molar-refractivity contribution in [1.82, 2.24) is 9.29 Å². The van der Waals surface area contributed by atoms with E-state index in [1.165, 1.54) is 43.9 Å². The lowest BCUT2D eigenvalue weighted by Gasteiger charge is -2.12. The van der Waals surface area contributed by atoms with E-state index in [-0.39, 0.29) is 17.2 Å². The maximum absolute atomic E-state index is 12.4. The number of nitrogens with one attached hydrogen (secondary N) is 1. The van der Waals surface area contributed by atoms with Crippen molar-refractivity contribution in [2.75, 3.05) is 26.0 Å². The van der Waals surface area contributed by atoms with Crippen LogP contribution in [-0.2, 0) is 22.9 Å². The van der Waals surface area contributed by atoms with E-state index in [0.29, 0.717) is 5.56 Å². The van der Waals surface area contributed by atoms with E-state index < -0.39 is 10.0 Å². The number of sulfonamides is 1. The van der Waals surface area contributed by atoms with Crippen molar-refractivity contribution in [1.29, 1.82) is 0 Å². The smallest absolute Gasteiger partial charge is 0.242 e. The monoisotopic (exact) mass is 379 g/mol. The maximum atomic E-state index is 12.4. The van der Waals surface area contributed by atoms with Crippen LogP contribution in [0.5, 0.6) is 0 Å². The van der Waals surface area contributed by atoms with Crippen molar-refractivity contribution in [3.05, 3.63) is 40.4 Å². The molecule has 0 amide bonds. The van der Waals surface area contributed by atoms with Crippen LogP contribution in [0.15, 0.2) is 29.2 Å². The van der Waals surface area contributed by atoms with Crippen molar-refractivity contribution < 1.29 is 13.2 Å². The second-order valence-corrected chi connectivity index (χ2v) is 9.42. The first-order chi connectivity index (χ1) is 11.9. The first kappa shape index (κ1) is 18.0. The van der Waals surface area contributed by atoms with Gasteiger partial charge in [0, 0.05) is 24.5 Å². The van der Waals surface area contributed by atoms with Gasteiger partial charge in [-0.3, -0.25) is 4.79 Å². The molecule has 1 aromatic carbocycles. The summed E-state index contributed by atoms with van der Waals surface area (Å²) in [6.07, 6.45) is 4.43. The molecule has 25 heavy (non-hydrogen) atoms.